The largest absolute Gasteiger partial charge is 0.360 e. The first kappa shape index (κ1) is 16.1. The molecule has 3 aromatic rings. The first-order valence-corrected chi connectivity index (χ1v) is 8.91. The normalized spacial score (nSPS) is 17.0. The zero-order valence-corrected chi connectivity index (χ0v) is 15.2. The molecular weight excluding hydrogens is 342 g/mol. The van der Waals surface area contributed by atoms with Crippen LogP contribution < -0.4 is 0 Å². The number of hydrogen-bond acceptors (Lipinski definition) is 5. The van der Waals surface area contributed by atoms with Gasteiger partial charge in [0.05, 0.1) is 31.1 Å². The summed E-state index contributed by atoms with van der Waals surface area (Å²) in [5, 5.41) is 4.25. The highest BCUT2D eigenvalue weighted by Crippen LogP contribution is 2.43. The molecule has 5 rings (SSSR count). The average Bonchev–Trinajstić information content (AvgIpc) is 3.20. The maximum absolute atomic E-state index is 12.7. The summed E-state index contributed by atoms with van der Waals surface area (Å²) in [4.78, 5) is 23.7. The van der Waals surface area contributed by atoms with E-state index < -0.39 is 5.60 Å². The van der Waals surface area contributed by atoms with Crippen LogP contribution in [0, 0.1) is 6.92 Å². The first-order chi connectivity index (χ1) is 13.1. The van der Waals surface area contributed by atoms with E-state index >= 15 is 0 Å². The van der Waals surface area contributed by atoms with E-state index in [9.17, 15) is 4.79 Å². The summed E-state index contributed by atoms with van der Waals surface area (Å²) < 4.78 is 7.70. The standard InChI is InChI=1S/C20H19N5O2/c1-13-8-17(24(2)23-13)19(26)25-11-20(12-25)15-9-21-18(22-16(15)10-27-20)14-6-4-3-5-7-14/h3-9H,10-12H2,1-2H3. The third-order valence-corrected chi connectivity index (χ3v) is 5.28. The maximum Gasteiger partial charge on any atom is 0.272 e. The summed E-state index contributed by atoms with van der Waals surface area (Å²) in [5.74, 6) is 0.676. The zero-order chi connectivity index (χ0) is 18.6. The molecule has 7 nitrogen and oxygen atoms in total. The minimum Gasteiger partial charge on any atom is -0.360 e. The highest BCUT2D eigenvalue weighted by Gasteiger charge is 2.53. The van der Waals surface area contributed by atoms with Crippen molar-refractivity contribution in [1.82, 2.24) is 24.6 Å². The molecule has 0 unspecified atom stereocenters. The van der Waals surface area contributed by atoms with Crippen molar-refractivity contribution >= 4 is 5.91 Å². The Morgan fingerprint density at radius 3 is 2.70 bits per heavy atom. The predicted octanol–water partition coefficient (Wildman–Crippen LogP) is 2.07. The van der Waals surface area contributed by atoms with Crippen LogP contribution in [0.25, 0.3) is 11.4 Å². The van der Waals surface area contributed by atoms with E-state index in [0.717, 1.165) is 22.5 Å². The second-order valence-corrected chi connectivity index (χ2v) is 7.16. The van der Waals surface area contributed by atoms with E-state index in [1.807, 2.05) is 49.5 Å². The number of ether oxygens (including phenoxy) is 1. The van der Waals surface area contributed by atoms with E-state index in [-0.39, 0.29) is 5.91 Å². The number of nitrogens with zero attached hydrogens (tertiary/aromatic N) is 5. The molecule has 27 heavy (non-hydrogen) atoms. The fraction of sp³-hybridized carbons (Fsp3) is 0.300. The summed E-state index contributed by atoms with van der Waals surface area (Å²) >= 11 is 0. The van der Waals surface area contributed by atoms with E-state index in [1.54, 1.807) is 16.6 Å². The Kier molecular flexibility index (Phi) is 3.42. The maximum atomic E-state index is 12.7. The lowest BCUT2D eigenvalue weighted by Crippen LogP contribution is -2.61. The SMILES string of the molecule is Cc1cc(C(=O)N2CC3(C2)OCc2nc(-c4ccccc4)ncc23)n(C)n1. The van der Waals surface area contributed by atoms with Gasteiger partial charge in [0.2, 0.25) is 0 Å². The van der Waals surface area contributed by atoms with Gasteiger partial charge in [-0.05, 0) is 13.0 Å². The Bertz CT molecular complexity index is 1040. The summed E-state index contributed by atoms with van der Waals surface area (Å²) in [6, 6.07) is 11.7. The summed E-state index contributed by atoms with van der Waals surface area (Å²) in [5.41, 5.74) is 3.84. The molecule has 2 aliphatic heterocycles. The van der Waals surface area contributed by atoms with Gasteiger partial charge in [0.15, 0.2) is 5.82 Å². The minimum atomic E-state index is -0.478. The lowest BCUT2D eigenvalue weighted by molar-refractivity contribution is -0.126. The Morgan fingerprint density at radius 2 is 2.00 bits per heavy atom. The molecule has 0 radical (unpaired) electrons. The number of benzene rings is 1. The smallest absolute Gasteiger partial charge is 0.272 e. The molecule has 1 fully saturated rings. The average molecular weight is 361 g/mol. The van der Waals surface area contributed by atoms with Crippen molar-refractivity contribution in [3.8, 4) is 11.4 Å². The molecule has 1 amide bonds. The molecule has 0 atom stereocenters. The molecule has 0 N–H and O–H groups in total. The van der Waals surface area contributed by atoms with Crippen LogP contribution in [0.2, 0.25) is 0 Å². The number of hydrogen-bond donors (Lipinski definition) is 0. The second kappa shape index (κ2) is 5.72. The third-order valence-electron chi connectivity index (χ3n) is 5.28. The molecule has 2 aliphatic rings. The van der Waals surface area contributed by atoms with E-state index in [1.165, 1.54) is 0 Å². The Labute approximate surface area is 156 Å². The van der Waals surface area contributed by atoms with Crippen molar-refractivity contribution in [2.24, 2.45) is 7.05 Å². The van der Waals surface area contributed by atoms with Gasteiger partial charge in [-0.1, -0.05) is 30.3 Å². The zero-order valence-electron chi connectivity index (χ0n) is 15.2. The van der Waals surface area contributed by atoms with Crippen LogP contribution in [0.3, 0.4) is 0 Å². The number of likely N-dealkylation sites (tertiary alicyclic amines) is 1. The highest BCUT2D eigenvalue weighted by molar-refractivity contribution is 5.93. The van der Waals surface area contributed by atoms with Gasteiger partial charge in [-0.25, -0.2) is 9.97 Å². The summed E-state index contributed by atoms with van der Waals surface area (Å²) in [7, 11) is 1.79. The van der Waals surface area contributed by atoms with E-state index in [0.29, 0.717) is 31.2 Å². The topological polar surface area (TPSA) is 73.1 Å². The summed E-state index contributed by atoms with van der Waals surface area (Å²) in [6.45, 7) is 3.35. The van der Waals surface area contributed by atoms with Crippen molar-refractivity contribution in [2.45, 2.75) is 19.1 Å². The fourth-order valence-electron chi connectivity index (χ4n) is 3.87. The molecule has 0 saturated carbocycles. The van der Waals surface area contributed by atoms with Crippen molar-refractivity contribution in [2.75, 3.05) is 13.1 Å². The molecule has 1 spiro atoms. The third kappa shape index (κ3) is 2.46. The number of carbonyl (C=O) groups is 1. The molecule has 136 valence electrons. The van der Waals surface area contributed by atoms with Crippen molar-refractivity contribution in [1.29, 1.82) is 0 Å². The second-order valence-electron chi connectivity index (χ2n) is 7.16. The Hall–Kier alpha value is -3.06. The van der Waals surface area contributed by atoms with Gasteiger partial charge in [0.1, 0.15) is 11.3 Å². The number of aromatic nitrogens is 4. The van der Waals surface area contributed by atoms with E-state index in [4.69, 9.17) is 9.72 Å². The van der Waals surface area contributed by atoms with Gasteiger partial charge >= 0.3 is 0 Å². The number of aryl methyl sites for hydroxylation is 2. The van der Waals surface area contributed by atoms with Crippen molar-refractivity contribution in [3.05, 3.63) is 65.2 Å². The van der Waals surface area contributed by atoms with Crippen LogP contribution >= 0.6 is 0 Å². The number of fused-ring (bicyclic) bond motifs is 2. The van der Waals surface area contributed by atoms with Gasteiger partial charge < -0.3 is 9.64 Å². The van der Waals surface area contributed by atoms with Gasteiger partial charge in [0.25, 0.3) is 5.91 Å². The van der Waals surface area contributed by atoms with Crippen LogP contribution in [0.1, 0.15) is 27.4 Å². The lowest BCUT2D eigenvalue weighted by Gasteiger charge is -2.47. The van der Waals surface area contributed by atoms with Crippen molar-refractivity contribution in [3.63, 3.8) is 0 Å². The van der Waals surface area contributed by atoms with Gasteiger partial charge in [-0.15, -0.1) is 0 Å². The molecular formula is C20H19N5O2. The van der Waals surface area contributed by atoms with Gasteiger partial charge in [-0.3, -0.25) is 9.48 Å². The van der Waals surface area contributed by atoms with Crippen LogP contribution in [0.5, 0.6) is 0 Å². The van der Waals surface area contributed by atoms with Gasteiger partial charge in [-0.2, -0.15) is 5.10 Å². The first-order valence-electron chi connectivity index (χ1n) is 8.91. The molecule has 0 bridgehead atoms. The number of rotatable bonds is 2. The highest BCUT2D eigenvalue weighted by atomic mass is 16.5. The molecule has 1 saturated heterocycles. The van der Waals surface area contributed by atoms with Crippen LogP contribution in [-0.2, 0) is 24.0 Å². The van der Waals surface area contributed by atoms with E-state index in [2.05, 4.69) is 10.1 Å². The van der Waals surface area contributed by atoms with Gasteiger partial charge in [0, 0.05) is 24.4 Å². The van der Waals surface area contributed by atoms with Crippen LogP contribution in [-0.4, -0.2) is 43.6 Å². The Morgan fingerprint density at radius 1 is 1.22 bits per heavy atom. The molecule has 0 aliphatic carbocycles. The predicted molar refractivity (Wildman–Crippen MR) is 97.8 cm³/mol. The molecule has 7 heteroatoms. The van der Waals surface area contributed by atoms with Crippen molar-refractivity contribution < 1.29 is 9.53 Å². The molecule has 1 aromatic carbocycles. The number of carbonyl (C=O) groups excluding carboxylic acids is 1. The number of amides is 1. The summed E-state index contributed by atoms with van der Waals surface area (Å²) in [6.07, 6.45) is 1.85. The lowest BCUT2D eigenvalue weighted by atomic mass is 9.87. The quantitative estimate of drug-likeness (QED) is 0.699. The van der Waals surface area contributed by atoms with Crippen LogP contribution in [0.4, 0.5) is 0 Å². The minimum absolute atomic E-state index is 0.0254. The molecule has 2 aromatic heterocycles. The molecule has 4 heterocycles. The van der Waals surface area contributed by atoms with Crippen LogP contribution in [0.15, 0.2) is 42.6 Å². The monoisotopic (exact) mass is 361 g/mol. The Balaban J connectivity index is 1.38. The fourth-order valence-corrected chi connectivity index (χ4v) is 3.87.